The van der Waals surface area contributed by atoms with E-state index in [1.54, 1.807) is 0 Å². The van der Waals surface area contributed by atoms with Gasteiger partial charge in [0, 0.05) is 5.56 Å². The van der Waals surface area contributed by atoms with Crippen LogP contribution in [0.25, 0.3) is 0 Å². The molecule has 0 aromatic heterocycles. The highest BCUT2D eigenvalue weighted by Gasteiger charge is 2.44. The lowest BCUT2D eigenvalue weighted by atomic mass is 9.93. The molecule has 1 amide bonds. The van der Waals surface area contributed by atoms with E-state index in [9.17, 15) is 4.79 Å². The van der Waals surface area contributed by atoms with Gasteiger partial charge in [0.2, 0.25) is 0 Å². The number of carbonyl (C=O) groups is 1. The summed E-state index contributed by atoms with van der Waals surface area (Å²) in [6.07, 6.45) is 4.20. The lowest BCUT2D eigenvalue weighted by molar-refractivity contribution is 0.0867. The minimum absolute atomic E-state index is 0.0114. The van der Waals surface area contributed by atoms with Crippen molar-refractivity contribution in [1.82, 2.24) is 27.2 Å². The molecule has 0 atom stereocenters. The van der Waals surface area contributed by atoms with Gasteiger partial charge in [0.25, 0.3) is 5.91 Å². The van der Waals surface area contributed by atoms with Gasteiger partial charge in [-0.05, 0) is 25.0 Å². The highest BCUT2D eigenvalue weighted by Crippen LogP contribution is 2.32. The monoisotopic (exact) mass is 261 g/mol. The molecular weight excluding hydrogens is 242 g/mol. The Morgan fingerprint density at radius 1 is 1.11 bits per heavy atom. The minimum atomic E-state index is -0.247. The van der Waals surface area contributed by atoms with Gasteiger partial charge in [-0.3, -0.25) is 4.79 Å². The third kappa shape index (κ3) is 2.48. The van der Waals surface area contributed by atoms with Crippen LogP contribution in [0.3, 0.4) is 0 Å². The van der Waals surface area contributed by atoms with Crippen LogP contribution in [0.1, 0.15) is 36.0 Å². The molecule has 1 saturated carbocycles. The van der Waals surface area contributed by atoms with Gasteiger partial charge in [-0.25, -0.2) is 10.9 Å². The number of hydrazine groups is 3. The first-order valence-corrected chi connectivity index (χ1v) is 6.69. The number of rotatable bonds is 3. The molecule has 6 heteroatoms. The number of hydrogen-bond donors (Lipinski definition) is 5. The normalized spacial score (nSPS) is 22.5. The zero-order chi connectivity index (χ0) is 13.1. The zero-order valence-electron chi connectivity index (χ0n) is 10.7. The smallest absolute Gasteiger partial charge is 0.251 e. The van der Waals surface area contributed by atoms with Crippen LogP contribution in [-0.4, -0.2) is 17.6 Å². The van der Waals surface area contributed by atoms with Gasteiger partial charge in [0.05, 0.1) is 5.54 Å². The summed E-state index contributed by atoms with van der Waals surface area (Å²) in [5.74, 6) is -0.0157. The van der Waals surface area contributed by atoms with E-state index in [0.717, 1.165) is 25.7 Å². The summed E-state index contributed by atoms with van der Waals surface area (Å²) in [6, 6.07) is 9.35. The second-order valence-electron chi connectivity index (χ2n) is 5.16. The number of benzene rings is 1. The van der Waals surface area contributed by atoms with E-state index in [4.69, 9.17) is 0 Å². The molecule has 0 radical (unpaired) electrons. The van der Waals surface area contributed by atoms with E-state index in [-0.39, 0.29) is 17.6 Å². The van der Waals surface area contributed by atoms with Gasteiger partial charge in [-0.2, -0.15) is 11.1 Å². The lowest BCUT2D eigenvalue weighted by Gasteiger charge is -2.35. The molecular formula is C13H19N5O. The van der Waals surface area contributed by atoms with Gasteiger partial charge >= 0.3 is 0 Å². The fourth-order valence-electron chi connectivity index (χ4n) is 2.91. The van der Waals surface area contributed by atoms with Crippen molar-refractivity contribution < 1.29 is 4.79 Å². The van der Waals surface area contributed by atoms with E-state index in [0.29, 0.717) is 5.56 Å². The van der Waals surface area contributed by atoms with Crippen molar-refractivity contribution in [3.05, 3.63) is 35.9 Å². The first-order valence-electron chi connectivity index (χ1n) is 6.69. The molecule has 2 aliphatic rings. The van der Waals surface area contributed by atoms with Crippen LogP contribution in [0.4, 0.5) is 0 Å². The highest BCUT2D eigenvalue weighted by molar-refractivity contribution is 5.94. The van der Waals surface area contributed by atoms with Gasteiger partial charge in [0.1, 0.15) is 6.17 Å². The quantitative estimate of drug-likeness (QED) is 0.536. The summed E-state index contributed by atoms with van der Waals surface area (Å²) in [6.45, 7) is 0. The van der Waals surface area contributed by atoms with Crippen molar-refractivity contribution in [1.29, 1.82) is 0 Å². The molecule has 0 spiro atoms. The SMILES string of the molecule is O=C(NC1(C2NNNN2)CCCC1)c1ccccc1. The number of nitrogens with one attached hydrogen (secondary N) is 5. The van der Waals surface area contributed by atoms with Gasteiger partial charge < -0.3 is 5.32 Å². The Labute approximate surface area is 112 Å². The fraction of sp³-hybridized carbons (Fsp3) is 0.462. The Hall–Kier alpha value is -1.47. The zero-order valence-corrected chi connectivity index (χ0v) is 10.7. The Morgan fingerprint density at radius 3 is 2.37 bits per heavy atom. The van der Waals surface area contributed by atoms with Crippen molar-refractivity contribution >= 4 is 5.91 Å². The standard InChI is InChI=1S/C13H19N5O/c19-11(10-6-2-1-3-7-10)14-13(8-4-5-9-13)12-15-17-18-16-12/h1-3,6-7,12,15-18H,4-5,8-9H2,(H,14,19). The molecule has 5 N–H and O–H groups in total. The van der Waals surface area contributed by atoms with Crippen molar-refractivity contribution in [3.8, 4) is 0 Å². The fourth-order valence-corrected chi connectivity index (χ4v) is 2.91. The Balaban J connectivity index is 1.76. The summed E-state index contributed by atoms with van der Waals surface area (Å²) in [5.41, 5.74) is 12.3. The van der Waals surface area contributed by atoms with E-state index in [1.807, 2.05) is 30.3 Å². The third-order valence-corrected chi connectivity index (χ3v) is 3.94. The van der Waals surface area contributed by atoms with Gasteiger partial charge in [0.15, 0.2) is 0 Å². The highest BCUT2D eigenvalue weighted by atomic mass is 16.1. The largest absolute Gasteiger partial charge is 0.344 e. The molecule has 2 fully saturated rings. The van der Waals surface area contributed by atoms with Gasteiger partial charge in [-0.15, -0.1) is 0 Å². The maximum Gasteiger partial charge on any atom is 0.251 e. The van der Waals surface area contributed by atoms with Crippen LogP contribution in [0.2, 0.25) is 0 Å². The summed E-state index contributed by atoms with van der Waals surface area (Å²) >= 11 is 0. The second kappa shape index (κ2) is 5.26. The molecule has 1 aromatic carbocycles. The predicted molar refractivity (Wildman–Crippen MR) is 71.4 cm³/mol. The topological polar surface area (TPSA) is 77.2 Å². The predicted octanol–water partition coefficient (Wildman–Crippen LogP) is 0.172. The van der Waals surface area contributed by atoms with E-state index in [1.165, 1.54) is 0 Å². The van der Waals surface area contributed by atoms with Crippen molar-refractivity contribution in [3.63, 3.8) is 0 Å². The van der Waals surface area contributed by atoms with E-state index >= 15 is 0 Å². The summed E-state index contributed by atoms with van der Waals surface area (Å²) < 4.78 is 0. The molecule has 0 unspecified atom stereocenters. The van der Waals surface area contributed by atoms with Crippen molar-refractivity contribution in [2.45, 2.75) is 37.4 Å². The van der Waals surface area contributed by atoms with Crippen molar-refractivity contribution in [2.24, 2.45) is 0 Å². The van der Waals surface area contributed by atoms with Crippen LogP contribution < -0.4 is 27.2 Å². The molecule has 1 aromatic rings. The molecule has 1 aliphatic heterocycles. The maximum atomic E-state index is 12.4. The first-order chi connectivity index (χ1) is 9.30. The molecule has 1 aliphatic carbocycles. The van der Waals surface area contributed by atoms with E-state index in [2.05, 4.69) is 27.2 Å². The Kier molecular flexibility index (Phi) is 3.48. The van der Waals surface area contributed by atoms with Crippen LogP contribution in [-0.2, 0) is 0 Å². The third-order valence-electron chi connectivity index (χ3n) is 3.94. The molecule has 6 nitrogen and oxygen atoms in total. The van der Waals surface area contributed by atoms with Crippen LogP contribution in [0.5, 0.6) is 0 Å². The van der Waals surface area contributed by atoms with Crippen molar-refractivity contribution in [2.75, 3.05) is 0 Å². The minimum Gasteiger partial charge on any atom is -0.344 e. The van der Waals surface area contributed by atoms with Crippen LogP contribution in [0.15, 0.2) is 30.3 Å². The summed E-state index contributed by atoms with van der Waals surface area (Å²) in [5, 5.41) is 3.21. The van der Waals surface area contributed by atoms with E-state index < -0.39 is 0 Å². The molecule has 1 heterocycles. The maximum absolute atomic E-state index is 12.4. The Morgan fingerprint density at radius 2 is 1.74 bits per heavy atom. The molecule has 19 heavy (non-hydrogen) atoms. The molecule has 0 bridgehead atoms. The summed E-state index contributed by atoms with van der Waals surface area (Å²) in [7, 11) is 0. The lowest BCUT2D eigenvalue weighted by Crippen LogP contribution is -2.62. The van der Waals surface area contributed by atoms with Gasteiger partial charge in [-0.1, -0.05) is 31.0 Å². The molecule has 102 valence electrons. The average molecular weight is 261 g/mol. The van der Waals surface area contributed by atoms with Crippen LogP contribution in [0, 0.1) is 0 Å². The number of hydrogen-bond acceptors (Lipinski definition) is 5. The molecule has 3 rings (SSSR count). The molecule has 1 saturated heterocycles. The van der Waals surface area contributed by atoms with Crippen LogP contribution >= 0.6 is 0 Å². The Bertz CT molecular complexity index is 438. The summed E-state index contributed by atoms with van der Waals surface area (Å²) in [4.78, 5) is 12.4. The average Bonchev–Trinajstić information content (AvgIpc) is 3.11. The number of amides is 1. The second-order valence-corrected chi connectivity index (χ2v) is 5.16. The first kappa shape index (κ1) is 12.6. The number of carbonyl (C=O) groups excluding carboxylic acids is 1.